The van der Waals surface area contributed by atoms with Crippen molar-refractivity contribution >= 4 is 0 Å². The monoisotopic (exact) mass is 245 g/mol. The maximum atomic E-state index is 12.9. The Morgan fingerprint density at radius 3 is 2.47 bits per heavy atom. The summed E-state index contributed by atoms with van der Waals surface area (Å²) in [6, 6.07) is 3.29. The van der Waals surface area contributed by atoms with Crippen molar-refractivity contribution in [1.29, 1.82) is 0 Å². The van der Waals surface area contributed by atoms with Crippen LogP contribution in [-0.4, -0.2) is 29.4 Å². The van der Waals surface area contributed by atoms with Crippen LogP contribution in [0.1, 0.15) is 25.0 Å². The number of hydrogen-bond donors (Lipinski definition) is 3. The molecule has 1 aromatic carbocycles. The number of nitrogens with one attached hydrogen (secondary N) is 1. The molecule has 0 spiro atoms. The van der Waals surface area contributed by atoms with Gasteiger partial charge in [-0.2, -0.15) is 0 Å². The lowest BCUT2D eigenvalue weighted by molar-refractivity contribution is 0.144. The zero-order valence-corrected chi connectivity index (χ0v) is 9.66. The second-order valence-electron chi connectivity index (χ2n) is 3.91. The van der Waals surface area contributed by atoms with Crippen molar-refractivity contribution in [1.82, 2.24) is 5.32 Å². The Morgan fingerprint density at radius 1 is 1.18 bits per heavy atom. The van der Waals surface area contributed by atoms with Crippen molar-refractivity contribution in [3.63, 3.8) is 0 Å². The molecule has 17 heavy (non-hydrogen) atoms. The minimum atomic E-state index is -0.977. The molecule has 1 aromatic rings. The molecule has 96 valence electrons. The summed E-state index contributed by atoms with van der Waals surface area (Å²) in [5.74, 6) is -1.91. The van der Waals surface area contributed by atoms with Crippen molar-refractivity contribution in [3.8, 4) is 0 Å². The van der Waals surface area contributed by atoms with E-state index in [-0.39, 0.29) is 6.54 Å². The fraction of sp³-hybridized carbons (Fsp3) is 0.500. The van der Waals surface area contributed by atoms with Gasteiger partial charge < -0.3 is 15.5 Å². The first-order valence-corrected chi connectivity index (χ1v) is 5.56. The third-order valence-electron chi connectivity index (χ3n) is 2.52. The maximum Gasteiger partial charge on any atom is 0.159 e. The van der Waals surface area contributed by atoms with Crippen LogP contribution >= 0.6 is 0 Å². The van der Waals surface area contributed by atoms with Crippen molar-refractivity contribution in [3.05, 3.63) is 35.4 Å². The van der Waals surface area contributed by atoms with E-state index in [9.17, 15) is 19.0 Å². The highest BCUT2D eigenvalue weighted by Gasteiger charge is 2.11. The molecular weight excluding hydrogens is 228 g/mol. The molecule has 2 unspecified atom stereocenters. The zero-order valence-electron chi connectivity index (χ0n) is 9.66. The summed E-state index contributed by atoms with van der Waals surface area (Å²) >= 11 is 0. The molecule has 0 radical (unpaired) electrons. The van der Waals surface area contributed by atoms with Crippen LogP contribution < -0.4 is 5.32 Å². The van der Waals surface area contributed by atoms with Gasteiger partial charge in [-0.1, -0.05) is 13.0 Å². The van der Waals surface area contributed by atoms with Gasteiger partial charge in [-0.3, -0.25) is 0 Å². The molecule has 0 saturated carbocycles. The molecule has 3 nitrogen and oxygen atoms in total. The molecule has 3 N–H and O–H groups in total. The lowest BCUT2D eigenvalue weighted by Crippen LogP contribution is -2.29. The van der Waals surface area contributed by atoms with Gasteiger partial charge in [0.1, 0.15) is 0 Å². The third kappa shape index (κ3) is 4.38. The van der Waals surface area contributed by atoms with E-state index in [0.29, 0.717) is 18.5 Å². The number of hydrogen-bond acceptors (Lipinski definition) is 3. The van der Waals surface area contributed by atoms with E-state index < -0.39 is 23.8 Å². The molecule has 0 saturated heterocycles. The lowest BCUT2D eigenvalue weighted by atomic mass is 10.1. The Balaban J connectivity index is 2.46. The Morgan fingerprint density at radius 2 is 1.88 bits per heavy atom. The summed E-state index contributed by atoms with van der Waals surface area (Å²) in [7, 11) is 0. The van der Waals surface area contributed by atoms with Gasteiger partial charge >= 0.3 is 0 Å². The molecule has 0 bridgehead atoms. The lowest BCUT2D eigenvalue weighted by Gasteiger charge is -2.14. The zero-order chi connectivity index (χ0) is 12.8. The number of halogens is 2. The van der Waals surface area contributed by atoms with Crippen molar-refractivity contribution < 1.29 is 19.0 Å². The van der Waals surface area contributed by atoms with E-state index >= 15 is 0 Å². The largest absolute Gasteiger partial charge is 0.392 e. The summed E-state index contributed by atoms with van der Waals surface area (Å²) in [6.45, 7) is 2.39. The van der Waals surface area contributed by atoms with Gasteiger partial charge in [0.15, 0.2) is 11.6 Å². The minimum Gasteiger partial charge on any atom is -0.392 e. The fourth-order valence-corrected chi connectivity index (χ4v) is 1.37. The number of aliphatic hydroxyl groups is 2. The number of rotatable bonds is 6. The smallest absolute Gasteiger partial charge is 0.159 e. The van der Waals surface area contributed by atoms with Crippen LogP contribution in [0.15, 0.2) is 18.2 Å². The molecule has 1 rings (SSSR count). The predicted molar refractivity (Wildman–Crippen MR) is 60.5 cm³/mol. The number of benzene rings is 1. The summed E-state index contributed by atoms with van der Waals surface area (Å²) in [5, 5.41) is 21.8. The van der Waals surface area contributed by atoms with E-state index in [2.05, 4.69) is 5.32 Å². The average Bonchev–Trinajstić information content (AvgIpc) is 2.32. The quantitative estimate of drug-likeness (QED) is 0.709. The molecule has 0 fully saturated rings. The Bertz CT molecular complexity index is 360. The van der Waals surface area contributed by atoms with E-state index in [0.717, 1.165) is 12.1 Å². The van der Waals surface area contributed by atoms with Gasteiger partial charge in [0.05, 0.1) is 12.2 Å². The average molecular weight is 245 g/mol. The summed E-state index contributed by atoms with van der Waals surface area (Å²) in [4.78, 5) is 0. The molecule has 0 amide bonds. The molecular formula is C12H17F2NO2. The molecule has 0 aliphatic heterocycles. The molecule has 0 heterocycles. The normalized spacial score (nSPS) is 14.6. The van der Waals surface area contributed by atoms with E-state index in [4.69, 9.17) is 0 Å². The molecule has 0 aromatic heterocycles. The van der Waals surface area contributed by atoms with E-state index in [1.165, 1.54) is 6.07 Å². The second-order valence-corrected chi connectivity index (χ2v) is 3.91. The van der Waals surface area contributed by atoms with Crippen LogP contribution in [0, 0.1) is 11.6 Å². The van der Waals surface area contributed by atoms with Gasteiger partial charge in [0.25, 0.3) is 0 Å². The molecule has 5 heteroatoms. The van der Waals surface area contributed by atoms with Gasteiger partial charge in [-0.25, -0.2) is 8.78 Å². The van der Waals surface area contributed by atoms with Crippen LogP contribution in [0.2, 0.25) is 0 Å². The standard InChI is InChI=1S/C12H17F2NO2/c1-2-9(16)6-15-7-12(17)8-3-4-10(13)11(14)5-8/h3-5,9,12,15-17H,2,6-7H2,1H3. The van der Waals surface area contributed by atoms with Gasteiger partial charge in [-0.05, 0) is 24.1 Å². The van der Waals surface area contributed by atoms with E-state index in [1.54, 1.807) is 0 Å². The second kappa shape index (κ2) is 6.64. The van der Waals surface area contributed by atoms with Gasteiger partial charge in [0.2, 0.25) is 0 Å². The Hall–Kier alpha value is -1.04. The van der Waals surface area contributed by atoms with Crippen LogP contribution in [0.3, 0.4) is 0 Å². The third-order valence-corrected chi connectivity index (χ3v) is 2.52. The van der Waals surface area contributed by atoms with Crippen molar-refractivity contribution in [2.45, 2.75) is 25.6 Å². The Kier molecular flexibility index (Phi) is 5.47. The first-order chi connectivity index (χ1) is 8.04. The summed E-state index contributed by atoms with van der Waals surface area (Å²) in [6.07, 6.45) is -0.768. The predicted octanol–water partition coefficient (Wildman–Crippen LogP) is 1.36. The summed E-state index contributed by atoms with van der Waals surface area (Å²) in [5.41, 5.74) is 0.308. The summed E-state index contributed by atoms with van der Waals surface area (Å²) < 4.78 is 25.6. The van der Waals surface area contributed by atoms with Gasteiger partial charge in [0, 0.05) is 13.1 Å². The first kappa shape index (κ1) is 14.0. The fourth-order valence-electron chi connectivity index (χ4n) is 1.37. The molecule has 0 aliphatic rings. The molecule has 2 atom stereocenters. The van der Waals surface area contributed by atoms with Crippen LogP contribution in [0.5, 0.6) is 0 Å². The highest BCUT2D eigenvalue weighted by atomic mass is 19.2. The van der Waals surface area contributed by atoms with Gasteiger partial charge in [-0.15, -0.1) is 0 Å². The highest BCUT2D eigenvalue weighted by molar-refractivity contribution is 5.20. The van der Waals surface area contributed by atoms with Crippen LogP contribution in [0.4, 0.5) is 8.78 Å². The van der Waals surface area contributed by atoms with Crippen LogP contribution in [0.25, 0.3) is 0 Å². The topological polar surface area (TPSA) is 52.5 Å². The SMILES string of the molecule is CCC(O)CNCC(O)c1ccc(F)c(F)c1. The molecule has 0 aliphatic carbocycles. The van der Waals surface area contributed by atoms with Crippen LogP contribution in [-0.2, 0) is 0 Å². The maximum absolute atomic E-state index is 12.9. The van der Waals surface area contributed by atoms with Crippen molar-refractivity contribution in [2.75, 3.05) is 13.1 Å². The van der Waals surface area contributed by atoms with Crippen molar-refractivity contribution in [2.24, 2.45) is 0 Å². The minimum absolute atomic E-state index is 0.183. The number of aliphatic hydroxyl groups excluding tert-OH is 2. The Labute approximate surface area is 99.1 Å². The highest BCUT2D eigenvalue weighted by Crippen LogP contribution is 2.15. The first-order valence-electron chi connectivity index (χ1n) is 5.56. The van der Waals surface area contributed by atoms with E-state index in [1.807, 2.05) is 6.92 Å².